The topological polar surface area (TPSA) is 92.6 Å². The molecule has 0 aromatic carbocycles. The van der Waals surface area contributed by atoms with Crippen LogP contribution in [-0.2, 0) is 0 Å². The van der Waals surface area contributed by atoms with E-state index in [1.807, 2.05) is 19.1 Å². The van der Waals surface area contributed by atoms with E-state index in [1.165, 1.54) is 0 Å². The van der Waals surface area contributed by atoms with Gasteiger partial charge < -0.3 is 10.2 Å². The third-order valence-corrected chi connectivity index (χ3v) is 4.39. The second-order valence-corrected chi connectivity index (χ2v) is 6.28. The number of rotatable bonds is 4. The molecule has 1 fully saturated rings. The lowest BCUT2D eigenvalue weighted by Crippen LogP contribution is -2.35. The average molecular weight is 348 g/mol. The Labute approximate surface area is 151 Å². The highest BCUT2D eigenvalue weighted by molar-refractivity contribution is 5.48. The summed E-state index contributed by atoms with van der Waals surface area (Å²) in [4.78, 5) is 28.2. The molecule has 4 rings (SSSR count). The Hall–Kier alpha value is -3.16. The third kappa shape index (κ3) is 3.74. The monoisotopic (exact) mass is 348 g/mol. The number of nitrogens with one attached hydrogen (secondary N) is 1. The second kappa shape index (κ2) is 7.38. The fourth-order valence-electron chi connectivity index (χ4n) is 3.24. The molecule has 0 saturated carbocycles. The fourth-order valence-corrected chi connectivity index (χ4v) is 3.24. The molecule has 1 N–H and O–H groups in total. The van der Waals surface area contributed by atoms with Gasteiger partial charge in [-0.3, -0.25) is 0 Å². The molecule has 0 spiro atoms. The van der Waals surface area contributed by atoms with Crippen molar-refractivity contribution in [1.82, 2.24) is 29.9 Å². The van der Waals surface area contributed by atoms with Crippen molar-refractivity contribution in [3.05, 3.63) is 54.6 Å². The quantitative estimate of drug-likeness (QED) is 0.769. The molecule has 3 aromatic rings. The molecule has 0 bridgehead atoms. The number of aromatic nitrogens is 6. The maximum atomic E-state index is 4.68. The van der Waals surface area contributed by atoms with Gasteiger partial charge in [0, 0.05) is 43.7 Å². The lowest BCUT2D eigenvalue weighted by Gasteiger charge is -2.33. The van der Waals surface area contributed by atoms with E-state index < -0.39 is 0 Å². The Kier molecular flexibility index (Phi) is 4.63. The molecule has 0 unspecified atom stereocenters. The van der Waals surface area contributed by atoms with Crippen molar-refractivity contribution in [1.29, 1.82) is 0 Å². The average Bonchev–Trinajstić information content (AvgIpc) is 2.69. The Bertz CT molecular complexity index is 856. The smallest absolute Gasteiger partial charge is 0.228 e. The van der Waals surface area contributed by atoms with Crippen molar-refractivity contribution < 1.29 is 0 Å². The van der Waals surface area contributed by atoms with Gasteiger partial charge in [0.05, 0.1) is 5.69 Å². The van der Waals surface area contributed by atoms with Crippen molar-refractivity contribution in [3.63, 3.8) is 0 Å². The summed E-state index contributed by atoms with van der Waals surface area (Å²) in [5.41, 5.74) is 1.04. The molecule has 0 amide bonds. The number of piperidine rings is 1. The lowest BCUT2D eigenvalue weighted by molar-refractivity contribution is 0.497. The van der Waals surface area contributed by atoms with E-state index in [4.69, 9.17) is 0 Å². The minimum atomic E-state index is 0.331. The van der Waals surface area contributed by atoms with Crippen molar-refractivity contribution in [2.24, 2.45) is 0 Å². The van der Waals surface area contributed by atoms with Gasteiger partial charge >= 0.3 is 0 Å². The molecule has 3 aromatic heterocycles. The van der Waals surface area contributed by atoms with E-state index in [0.717, 1.165) is 49.1 Å². The maximum Gasteiger partial charge on any atom is 0.228 e. The number of aryl methyl sites for hydroxylation is 1. The summed E-state index contributed by atoms with van der Waals surface area (Å²) in [6, 6.07) is 5.73. The van der Waals surface area contributed by atoms with Crippen LogP contribution in [0.25, 0.3) is 0 Å². The summed E-state index contributed by atoms with van der Waals surface area (Å²) >= 11 is 0. The molecule has 1 atom stereocenters. The first-order valence-corrected chi connectivity index (χ1v) is 8.68. The van der Waals surface area contributed by atoms with Crippen LogP contribution in [0.2, 0.25) is 0 Å². The molecule has 0 radical (unpaired) electrons. The normalized spacial score (nSPS) is 17.1. The van der Waals surface area contributed by atoms with Gasteiger partial charge in [-0.15, -0.1) is 0 Å². The van der Waals surface area contributed by atoms with Gasteiger partial charge in [0.15, 0.2) is 0 Å². The van der Waals surface area contributed by atoms with E-state index in [1.54, 1.807) is 31.0 Å². The molecule has 8 nitrogen and oxygen atoms in total. The molecule has 26 heavy (non-hydrogen) atoms. The summed E-state index contributed by atoms with van der Waals surface area (Å²) < 4.78 is 0. The van der Waals surface area contributed by atoms with Crippen LogP contribution in [-0.4, -0.2) is 43.0 Å². The summed E-state index contributed by atoms with van der Waals surface area (Å²) in [6.45, 7) is 3.79. The van der Waals surface area contributed by atoms with E-state index >= 15 is 0 Å². The SMILES string of the molecule is Cc1nc(Nc2ncccn2)cc([C@H]2CCCN(c3ccncn3)C2)n1. The fraction of sp³-hybridized carbons (Fsp3) is 0.333. The molecule has 4 heterocycles. The Balaban J connectivity index is 1.55. The van der Waals surface area contributed by atoms with E-state index in [0.29, 0.717) is 11.9 Å². The van der Waals surface area contributed by atoms with E-state index in [-0.39, 0.29) is 0 Å². The largest absolute Gasteiger partial charge is 0.356 e. The first-order chi connectivity index (χ1) is 12.8. The zero-order valence-corrected chi connectivity index (χ0v) is 14.6. The molecular weight excluding hydrogens is 328 g/mol. The minimum absolute atomic E-state index is 0.331. The molecular formula is C18H20N8. The third-order valence-electron chi connectivity index (χ3n) is 4.39. The molecule has 1 aliphatic heterocycles. The first kappa shape index (κ1) is 16.3. The predicted molar refractivity (Wildman–Crippen MR) is 98.3 cm³/mol. The maximum absolute atomic E-state index is 4.68. The highest BCUT2D eigenvalue weighted by Gasteiger charge is 2.24. The van der Waals surface area contributed by atoms with E-state index in [2.05, 4.69) is 40.1 Å². The zero-order valence-electron chi connectivity index (χ0n) is 14.6. The van der Waals surface area contributed by atoms with Crippen LogP contribution in [0.5, 0.6) is 0 Å². The van der Waals surface area contributed by atoms with Gasteiger partial charge in [0.25, 0.3) is 0 Å². The summed E-state index contributed by atoms with van der Waals surface area (Å²) in [5, 5.41) is 3.16. The molecule has 132 valence electrons. The zero-order chi connectivity index (χ0) is 17.8. The van der Waals surface area contributed by atoms with Gasteiger partial charge in [-0.05, 0) is 31.9 Å². The number of hydrogen-bond acceptors (Lipinski definition) is 8. The second-order valence-electron chi connectivity index (χ2n) is 6.28. The van der Waals surface area contributed by atoms with Crippen molar-refractivity contribution in [2.75, 3.05) is 23.3 Å². The predicted octanol–water partition coefficient (Wildman–Crippen LogP) is 2.49. The van der Waals surface area contributed by atoms with Crippen LogP contribution in [0.3, 0.4) is 0 Å². The van der Waals surface area contributed by atoms with Gasteiger partial charge in [-0.1, -0.05) is 0 Å². The highest BCUT2D eigenvalue weighted by Crippen LogP contribution is 2.29. The van der Waals surface area contributed by atoms with Crippen LogP contribution >= 0.6 is 0 Å². The Morgan fingerprint density at radius 3 is 2.81 bits per heavy atom. The number of anilines is 3. The van der Waals surface area contributed by atoms with Crippen LogP contribution in [0.4, 0.5) is 17.6 Å². The van der Waals surface area contributed by atoms with Crippen molar-refractivity contribution >= 4 is 17.6 Å². The number of hydrogen-bond donors (Lipinski definition) is 1. The summed E-state index contributed by atoms with van der Waals surface area (Å²) in [7, 11) is 0. The summed E-state index contributed by atoms with van der Waals surface area (Å²) in [5.74, 6) is 3.28. The van der Waals surface area contributed by atoms with Gasteiger partial charge in [-0.25, -0.2) is 29.9 Å². The van der Waals surface area contributed by atoms with E-state index in [9.17, 15) is 0 Å². The van der Waals surface area contributed by atoms with Crippen LogP contribution in [0.1, 0.15) is 30.3 Å². The minimum Gasteiger partial charge on any atom is -0.356 e. The summed E-state index contributed by atoms with van der Waals surface area (Å²) in [6.07, 6.45) is 8.97. The van der Waals surface area contributed by atoms with Gasteiger partial charge in [0.1, 0.15) is 23.8 Å². The molecule has 1 saturated heterocycles. The molecule has 0 aliphatic carbocycles. The first-order valence-electron chi connectivity index (χ1n) is 8.68. The Morgan fingerprint density at radius 1 is 1.12 bits per heavy atom. The highest BCUT2D eigenvalue weighted by atomic mass is 15.2. The Morgan fingerprint density at radius 2 is 2.00 bits per heavy atom. The van der Waals surface area contributed by atoms with Crippen LogP contribution in [0, 0.1) is 6.92 Å². The van der Waals surface area contributed by atoms with Gasteiger partial charge in [0.2, 0.25) is 5.95 Å². The van der Waals surface area contributed by atoms with Gasteiger partial charge in [-0.2, -0.15) is 0 Å². The standard InChI is InChI=1S/C18H20N8/c1-13-23-15(10-16(24-13)25-18-20-6-3-7-21-18)14-4-2-9-26(11-14)17-5-8-19-12-22-17/h3,5-8,10,12,14H,2,4,9,11H2,1H3,(H,20,21,23,24,25)/t14-/m0/s1. The molecule has 1 aliphatic rings. The number of nitrogens with zero attached hydrogens (tertiary/aromatic N) is 7. The van der Waals surface area contributed by atoms with Crippen LogP contribution < -0.4 is 10.2 Å². The van der Waals surface area contributed by atoms with Crippen molar-refractivity contribution in [3.8, 4) is 0 Å². The molecule has 8 heteroatoms. The van der Waals surface area contributed by atoms with Crippen molar-refractivity contribution in [2.45, 2.75) is 25.7 Å². The lowest BCUT2D eigenvalue weighted by atomic mass is 9.94. The van der Waals surface area contributed by atoms with Crippen LogP contribution in [0.15, 0.2) is 43.1 Å².